The van der Waals surface area contributed by atoms with Gasteiger partial charge in [-0.05, 0) is 26.0 Å². The summed E-state index contributed by atoms with van der Waals surface area (Å²) in [5.41, 5.74) is 0.494. The Balaban J connectivity index is 2.65. The van der Waals surface area contributed by atoms with Gasteiger partial charge in [-0.1, -0.05) is 11.6 Å². The van der Waals surface area contributed by atoms with Crippen molar-refractivity contribution in [2.45, 2.75) is 19.9 Å². The van der Waals surface area contributed by atoms with E-state index in [-0.39, 0.29) is 11.9 Å². The maximum atomic E-state index is 11.3. The molecule has 0 fully saturated rings. The van der Waals surface area contributed by atoms with E-state index < -0.39 is 0 Å². The van der Waals surface area contributed by atoms with Crippen molar-refractivity contribution in [2.75, 3.05) is 0 Å². The molecular formula is C8H11ClN2O. The number of carbonyl (C=O) groups is 1. The number of halogens is 1. The maximum absolute atomic E-state index is 11.3. The predicted molar refractivity (Wildman–Crippen MR) is 48.4 cm³/mol. The van der Waals surface area contributed by atoms with Crippen LogP contribution < -0.4 is 5.32 Å². The van der Waals surface area contributed by atoms with Gasteiger partial charge in [-0.25, -0.2) is 0 Å². The predicted octanol–water partition coefficient (Wildman–Crippen LogP) is 1.81. The van der Waals surface area contributed by atoms with Gasteiger partial charge in [0.05, 0.1) is 0 Å². The number of hydrogen-bond acceptors (Lipinski definition) is 1. The zero-order chi connectivity index (χ0) is 9.14. The highest BCUT2D eigenvalue weighted by atomic mass is 35.5. The summed E-state index contributed by atoms with van der Waals surface area (Å²) in [7, 11) is 0. The van der Waals surface area contributed by atoms with Crippen molar-refractivity contribution < 1.29 is 4.79 Å². The first kappa shape index (κ1) is 9.13. The van der Waals surface area contributed by atoms with Crippen LogP contribution in [0.15, 0.2) is 12.1 Å². The number of carbonyl (C=O) groups excluding carboxylic acids is 1. The SMILES string of the molecule is CC(C)NC(=O)c1ccc(Cl)[nH]1. The third-order valence-electron chi connectivity index (χ3n) is 1.31. The maximum Gasteiger partial charge on any atom is 0.267 e. The third-order valence-corrected chi connectivity index (χ3v) is 1.54. The summed E-state index contributed by atoms with van der Waals surface area (Å²) >= 11 is 5.61. The molecule has 1 amide bonds. The summed E-state index contributed by atoms with van der Waals surface area (Å²) in [5, 5.41) is 3.22. The minimum atomic E-state index is -0.128. The number of aromatic amines is 1. The molecule has 1 aromatic heterocycles. The Labute approximate surface area is 76.1 Å². The molecule has 0 unspecified atom stereocenters. The number of rotatable bonds is 2. The van der Waals surface area contributed by atoms with Crippen molar-refractivity contribution in [3.63, 3.8) is 0 Å². The lowest BCUT2D eigenvalue weighted by Gasteiger charge is -2.05. The molecule has 0 aliphatic heterocycles. The Hall–Kier alpha value is -0.960. The largest absolute Gasteiger partial charge is 0.349 e. The van der Waals surface area contributed by atoms with Crippen LogP contribution in [0.3, 0.4) is 0 Å². The van der Waals surface area contributed by atoms with Crippen LogP contribution in [-0.4, -0.2) is 16.9 Å². The van der Waals surface area contributed by atoms with E-state index in [9.17, 15) is 4.79 Å². The van der Waals surface area contributed by atoms with Gasteiger partial charge in [0.2, 0.25) is 0 Å². The van der Waals surface area contributed by atoms with Crippen LogP contribution in [0.4, 0.5) is 0 Å². The second-order valence-corrected chi connectivity index (χ2v) is 3.26. The molecule has 1 heterocycles. The average molecular weight is 187 g/mol. The van der Waals surface area contributed by atoms with Gasteiger partial charge in [0, 0.05) is 6.04 Å². The number of H-pyrrole nitrogens is 1. The van der Waals surface area contributed by atoms with Crippen LogP contribution in [0.1, 0.15) is 24.3 Å². The molecule has 0 spiro atoms. The second kappa shape index (κ2) is 3.63. The summed E-state index contributed by atoms with van der Waals surface area (Å²) < 4.78 is 0. The molecule has 0 aromatic carbocycles. The molecule has 1 aromatic rings. The molecule has 0 atom stereocenters. The molecule has 4 heteroatoms. The zero-order valence-electron chi connectivity index (χ0n) is 7.02. The Morgan fingerprint density at radius 3 is 2.67 bits per heavy atom. The topological polar surface area (TPSA) is 44.9 Å². The van der Waals surface area contributed by atoms with Gasteiger partial charge < -0.3 is 10.3 Å². The van der Waals surface area contributed by atoms with Crippen molar-refractivity contribution in [1.29, 1.82) is 0 Å². The first-order chi connectivity index (χ1) is 5.59. The lowest BCUT2D eigenvalue weighted by Crippen LogP contribution is -2.30. The molecule has 66 valence electrons. The Morgan fingerprint density at radius 2 is 2.25 bits per heavy atom. The molecule has 0 aliphatic rings. The number of nitrogens with one attached hydrogen (secondary N) is 2. The van der Waals surface area contributed by atoms with Crippen molar-refractivity contribution in [2.24, 2.45) is 0 Å². The van der Waals surface area contributed by atoms with E-state index in [1.807, 2.05) is 13.8 Å². The van der Waals surface area contributed by atoms with E-state index in [1.165, 1.54) is 0 Å². The van der Waals surface area contributed by atoms with E-state index >= 15 is 0 Å². The fourth-order valence-electron chi connectivity index (χ4n) is 0.841. The van der Waals surface area contributed by atoms with Crippen LogP contribution in [0, 0.1) is 0 Å². The Kier molecular flexibility index (Phi) is 2.76. The quantitative estimate of drug-likeness (QED) is 0.727. The number of hydrogen-bond donors (Lipinski definition) is 2. The van der Waals surface area contributed by atoms with Gasteiger partial charge in [-0.3, -0.25) is 4.79 Å². The van der Waals surface area contributed by atoms with Crippen LogP contribution in [-0.2, 0) is 0 Å². The van der Waals surface area contributed by atoms with Crippen LogP contribution in [0.25, 0.3) is 0 Å². The van der Waals surface area contributed by atoms with Gasteiger partial charge in [0.25, 0.3) is 5.91 Å². The van der Waals surface area contributed by atoms with Gasteiger partial charge in [0.1, 0.15) is 10.8 Å². The second-order valence-electron chi connectivity index (χ2n) is 2.85. The Morgan fingerprint density at radius 1 is 1.58 bits per heavy atom. The van der Waals surface area contributed by atoms with Crippen molar-refractivity contribution in [3.05, 3.63) is 23.0 Å². The summed E-state index contributed by atoms with van der Waals surface area (Å²) in [5.74, 6) is -0.128. The summed E-state index contributed by atoms with van der Waals surface area (Å²) in [6.07, 6.45) is 0. The lowest BCUT2D eigenvalue weighted by molar-refractivity contribution is 0.0938. The molecule has 1 rings (SSSR count). The standard InChI is InChI=1S/C8H11ClN2O/c1-5(2)10-8(12)6-3-4-7(9)11-6/h3-5,11H,1-2H3,(H,10,12). The average Bonchev–Trinajstić information content (AvgIpc) is 2.34. The molecule has 0 bridgehead atoms. The highest BCUT2D eigenvalue weighted by Crippen LogP contribution is 2.07. The fourth-order valence-corrected chi connectivity index (χ4v) is 1.01. The van der Waals surface area contributed by atoms with Crippen molar-refractivity contribution >= 4 is 17.5 Å². The molecular weight excluding hydrogens is 176 g/mol. The van der Waals surface area contributed by atoms with Crippen LogP contribution in [0.5, 0.6) is 0 Å². The van der Waals surface area contributed by atoms with Crippen LogP contribution in [0.2, 0.25) is 5.15 Å². The number of amides is 1. The Bertz CT molecular complexity index is 280. The van der Waals surface area contributed by atoms with Gasteiger partial charge in [-0.15, -0.1) is 0 Å². The number of aromatic nitrogens is 1. The monoisotopic (exact) mass is 186 g/mol. The highest BCUT2D eigenvalue weighted by molar-refractivity contribution is 6.29. The van der Waals surface area contributed by atoms with E-state index in [4.69, 9.17) is 11.6 Å². The summed E-state index contributed by atoms with van der Waals surface area (Å²) in [6.45, 7) is 3.81. The first-order valence-corrected chi connectivity index (χ1v) is 4.13. The molecule has 0 saturated carbocycles. The minimum Gasteiger partial charge on any atom is -0.349 e. The summed E-state index contributed by atoms with van der Waals surface area (Å²) in [6, 6.07) is 3.44. The van der Waals surface area contributed by atoms with Gasteiger partial charge >= 0.3 is 0 Å². The van der Waals surface area contributed by atoms with Gasteiger partial charge in [0.15, 0.2) is 0 Å². The van der Waals surface area contributed by atoms with Gasteiger partial charge in [-0.2, -0.15) is 0 Å². The van der Waals surface area contributed by atoms with E-state index in [2.05, 4.69) is 10.3 Å². The van der Waals surface area contributed by atoms with Crippen LogP contribution >= 0.6 is 11.6 Å². The first-order valence-electron chi connectivity index (χ1n) is 3.75. The molecule has 0 saturated heterocycles. The smallest absolute Gasteiger partial charge is 0.267 e. The lowest BCUT2D eigenvalue weighted by atomic mass is 10.3. The van der Waals surface area contributed by atoms with E-state index in [0.29, 0.717) is 10.8 Å². The summed E-state index contributed by atoms with van der Waals surface area (Å²) in [4.78, 5) is 14.0. The normalized spacial score (nSPS) is 10.3. The van der Waals surface area contributed by atoms with E-state index in [0.717, 1.165) is 0 Å². The highest BCUT2D eigenvalue weighted by Gasteiger charge is 2.07. The minimum absolute atomic E-state index is 0.128. The molecule has 2 N–H and O–H groups in total. The molecule has 3 nitrogen and oxygen atoms in total. The third kappa shape index (κ3) is 2.27. The zero-order valence-corrected chi connectivity index (χ0v) is 7.77. The van der Waals surface area contributed by atoms with E-state index in [1.54, 1.807) is 12.1 Å². The fraction of sp³-hybridized carbons (Fsp3) is 0.375. The molecule has 12 heavy (non-hydrogen) atoms. The van der Waals surface area contributed by atoms with Crippen molar-refractivity contribution in [1.82, 2.24) is 10.3 Å². The van der Waals surface area contributed by atoms with Crippen molar-refractivity contribution in [3.8, 4) is 0 Å². The molecule has 0 aliphatic carbocycles. The molecule has 0 radical (unpaired) electrons.